The van der Waals surface area contributed by atoms with Gasteiger partial charge in [-0.25, -0.2) is 0 Å². The molecule has 0 bridgehead atoms. The number of rotatable bonds is 5. The first-order valence-corrected chi connectivity index (χ1v) is 6.57. The van der Waals surface area contributed by atoms with E-state index in [0.29, 0.717) is 0 Å². The van der Waals surface area contributed by atoms with Gasteiger partial charge in [0.25, 0.3) is 0 Å². The highest BCUT2D eigenvalue weighted by Crippen LogP contribution is 2.21. The number of alkyl halides is 1. The number of unbranched alkanes of at least 4 members (excludes halogenated alkanes) is 2. The second-order valence-electron chi connectivity index (χ2n) is 4.78. The van der Waals surface area contributed by atoms with Gasteiger partial charge in [0.05, 0.1) is 0 Å². The van der Waals surface area contributed by atoms with E-state index in [1.807, 2.05) is 0 Å². The molecule has 1 rings (SSSR count). The van der Waals surface area contributed by atoms with Crippen LogP contribution in [0.2, 0.25) is 0 Å². The molecule has 1 fully saturated rings. The molecule has 0 aliphatic carbocycles. The van der Waals surface area contributed by atoms with E-state index in [1.54, 1.807) is 0 Å². The Bertz CT molecular complexity index is 149. The minimum atomic E-state index is 0.808. The summed E-state index contributed by atoms with van der Waals surface area (Å²) >= 11 is 5.66. The zero-order valence-corrected chi connectivity index (χ0v) is 10.4. The summed E-state index contributed by atoms with van der Waals surface area (Å²) in [7, 11) is 0. The van der Waals surface area contributed by atoms with E-state index in [4.69, 9.17) is 11.6 Å². The van der Waals surface area contributed by atoms with E-state index in [2.05, 4.69) is 18.7 Å². The second kappa shape index (κ2) is 6.68. The minimum absolute atomic E-state index is 0.808. The molecule has 1 saturated heterocycles. The van der Waals surface area contributed by atoms with Crippen LogP contribution in [0, 0.1) is 5.92 Å². The molecule has 2 atom stereocenters. The fourth-order valence-electron chi connectivity index (χ4n) is 2.28. The summed E-state index contributed by atoms with van der Waals surface area (Å²) < 4.78 is 0. The van der Waals surface area contributed by atoms with Crippen LogP contribution in [0.5, 0.6) is 0 Å². The smallest absolute Gasteiger partial charge is 0.0223 e. The third kappa shape index (κ3) is 4.18. The van der Waals surface area contributed by atoms with Gasteiger partial charge in [-0.05, 0) is 45.1 Å². The van der Waals surface area contributed by atoms with Gasteiger partial charge in [0, 0.05) is 18.5 Å². The van der Waals surface area contributed by atoms with E-state index < -0.39 is 0 Å². The van der Waals surface area contributed by atoms with Crippen molar-refractivity contribution in [2.24, 2.45) is 5.92 Å². The fourth-order valence-corrected chi connectivity index (χ4v) is 2.47. The van der Waals surface area contributed by atoms with Crippen molar-refractivity contribution in [2.75, 3.05) is 19.0 Å². The molecule has 0 N–H and O–H groups in total. The van der Waals surface area contributed by atoms with Gasteiger partial charge in [-0.1, -0.05) is 13.3 Å². The van der Waals surface area contributed by atoms with E-state index in [0.717, 1.165) is 17.8 Å². The predicted octanol–water partition coefficient (Wildman–Crippen LogP) is 3.52. The summed E-state index contributed by atoms with van der Waals surface area (Å²) in [5, 5.41) is 0. The Kier molecular flexibility index (Phi) is 5.88. The Morgan fingerprint density at radius 1 is 1.14 bits per heavy atom. The Morgan fingerprint density at radius 3 is 2.64 bits per heavy atom. The monoisotopic (exact) mass is 217 g/mol. The van der Waals surface area contributed by atoms with Crippen LogP contribution in [0.4, 0.5) is 0 Å². The van der Waals surface area contributed by atoms with Gasteiger partial charge in [0.2, 0.25) is 0 Å². The van der Waals surface area contributed by atoms with Crippen LogP contribution in [0.3, 0.4) is 0 Å². The van der Waals surface area contributed by atoms with Crippen molar-refractivity contribution < 1.29 is 0 Å². The Balaban J connectivity index is 2.14. The number of nitrogens with zero attached hydrogens (tertiary/aromatic N) is 1. The summed E-state index contributed by atoms with van der Waals surface area (Å²) in [5.41, 5.74) is 0. The van der Waals surface area contributed by atoms with Crippen LogP contribution in [0.15, 0.2) is 0 Å². The molecular weight excluding hydrogens is 194 g/mol. The van der Waals surface area contributed by atoms with Crippen molar-refractivity contribution in [3.63, 3.8) is 0 Å². The van der Waals surface area contributed by atoms with Gasteiger partial charge >= 0.3 is 0 Å². The van der Waals surface area contributed by atoms with E-state index in [-0.39, 0.29) is 0 Å². The first kappa shape index (κ1) is 12.3. The van der Waals surface area contributed by atoms with Crippen LogP contribution < -0.4 is 0 Å². The Labute approximate surface area is 93.8 Å². The first-order valence-electron chi connectivity index (χ1n) is 6.04. The maximum atomic E-state index is 5.66. The highest BCUT2D eigenvalue weighted by Gasteiger charge is 2.21. The quantitative estimate of drug-likeness (QED) is 0.503. The zero-order valence-electron chi connectivity index (χ0n) is 9.64. The summed E-state index contributed by atoms with van der Waals surface area (Å²) in [5.74, 6) is 1.73. The Morgan fingerprint density at radius 2 is 1.93 bits per heavy atom. The van der Waals surface area contributed by atoms with Gasteiger partial charge in [-0.3, -0.25) is 0 Å². The fraction of sp³-hybridized carbons (Fsp3) is 1.00. The third-order valence-corrected chi connectivity index (χ3v) is 3.59. The molecule has 84 valence electrons. The zero-order chi connectivity index (χ0) is 10.4. The molecule has 0 radical (unpaired) electrons. The summed E-state index contributed by atoms with van der Waals surface area (Å²) in [6.45, 7) is 7.33. The van der Waals surface area contributed by atoms with Crippen molar-refractivity contribution in [1.29, 1.82) is 0 Å². The van der Waals surface area contributed by atoms with Crippen molar-refractivity contribution >= 4 is 11.6 Å². The van der Waals surface area contributed by atoms with Crippen LogP contribution in [-0.4, -0.2) is 29.9 Å². The molecule has 0 aromatic carbocycles. The topological polar surface area (TPSA) is 3.24 Å². The third-order valence-electron chi connectivity index (χ3n) is 3.33. The average molecular weight is 218 g/mol. The Hall–Kier alpha value is 0.250. The standard InChI is InChI=1S/C12H24ClN/c1-11-6-7-12(2)14(10-11)9-5-3-4-8-13/h11-12H,3-10H2,1-2H3. The average Bonchev–Trinajstić information content (AvgIpc) is 2.18. The molecule has 2 unspecified atom stereocenters. The van der Waals surface area contributed by atoms with Gasteiger partial charge < -0.3 is 4.90 Å². The molecule has 1 nitrogen and oxygen atoms in total. The largest absolute Gasteiger partial charge is 0.300 e. The van der Waals surface area contributed by atoms with Crippen LogP contribution in [0.1, 0.15) is 46.0 Å². The maximum absolute atomic E-state index is 5.66. The van der Waals surface area contributed by atoms with Crippen LogP contribution >= 0.6 is 11.6 Å². The molecule has 1 aliphatic rings. The van der Waals surface area contributed by atoms with Gasteiger partial charge in [-0.15, -0.1) is 11.6 Å². The summed E-state index contributed by atoms with van der Waals surface area (Å²) in [4.78, 5) is 2.66. The second-order valence-corrected chi connectivity index (χ2v) is 5.15. The maximum Gasteiger partial charge on any atom is 0.0223 e. The minimum Gasteiger partial charge on any atom is -0.300 e. The van der Waals surface area contributed by atoms with E-state index in [9.17, 15) is 0 Å². The lowest BCUT2D eigenvalue weighted by Crippen LogP contribution is -2.41. The van der Waals surface area contributed by atoms with Gasteiger partial charge in [0.1, 0.15) is 0 Å². The van der Waals surface area contributed by atoms with Crippen molar-refractivity contribution in [2.45, 2.75) is 52.0 Å². The lowest BCUT2D eigenvalue weighted by molar-refractivity contribution is 0.123. The van der Waals surface area contributed by atoms with Crippen molar-refractivity contribution in [3.05, 3.63) is 0 Å². The molecular formula is C12H24ClN. The highest BCUT2D eigenvalue weighted by molar-refractivity contribution is 6.17. The summed E-state index contributed by atoms with van der Waals surface area (Å²) in [6.07, 6.45) is 6.60. The lowest BCUT2D eigenvalue weighted by atomic mass is 9.95. The van der Waals surface area contributed by atoms with Crippen molar-refractivity contribution in [1.82, 2.24) is 4.90 Å². The highest BCUT2D eigenvalue weighted by atomic mass is 35.5. The molecule has 2 heteroatoms. The number of likely N-dealkylation sites (tertiary alicyclic amines) is 1. The van der Waals surface area contributed by atoms with Crippen LogP contribution in [-0.2, 0) is 0 Å². The van der Waals surface area contributed by atoms with E-state index >= 15 is 0 Å². The van der Waals surface area contributed by atoms with E-state index in [1.165, 1.54) is 45.2 Å². The lowest BCUT2D eigenvalue weighted by Gasteiger charge is -2.36. The summed E-state index contributed by atoms with van der Waals surface area (Å²) in [6, 6.07) is 0.808. The molecule has 0 saturated carbocycles. The molecule has 1 aliphatic heterocycles. The number of hydrogen-bond donors (Lipinski definition) is 0. The molecule has 0 amide bonds. The van der Waals surface area contributed by atoms with Gasteiger partial charge in [0.15, 0.2) is 0 Å². The van der Waals surface area contributed by atoms with Crippen LogP contribution in [0.25, 0.3) is 0 Å². The first-order chi connectivity index (χ1) is 6.74. The molecule has 0 aromatic heterocycles. The molecule has 0 spiro atoms. The molecule has 0 aromatic rings. The predicted molar refractivity (Wildman–Crippen MR) is 64.0 cm³/mol. The van der Waals surface area contributed by atoms with Crippen molar-refractivity contribution in [3.8, 4) is 0 Å². The normalized spacial score (nSPS) is 29.4. The number of hydrogen-bond acceptors (Lipinski definition) is 1. The number of piperidine rings is 1. The van der Waals surface area contributed by atoms with Gasteiger partial charge in [-0.2, -0.15) is 0 Å². The number of halogens is 1. The SMILES string of the molecule is CC1CCC(C)N(CCCCCCl)C1. The molecule has 14 heavy (non-hydrogen) atoms. The molecule has 1 heterocycles.